The number of hydrogen-bond donors (Lipinski definition) is 0. The molecular weight excluding hydrogens is 401 g/mol. The van der Waals surface area contributed by atoms with Crippen molar-refractivity contribution in [2.45, 2.75) is 13.5 Å². The van der Waals surface area contributed by atoms with E-state index in [0.29, 0.717) is 43.4 Å². The summed E-state index contributed by atoms with van der Waals surface area (Å²) in [6.45, 7) is 7.00. The summed E-state index contributed by atoms with van der Waals surface area (Å²) >= 11 is 0. The summed E-state index contributed by atoms with van der Waals surface area (Å²) in [6.07, 6.45) is 3.65. The maximum atomic E-state index is 14.7. The molecule has 1 aromatic carbocycles. The van der Waals surface area contributed by atoms with Gasteiger partial charge in [0.15, 0.2) is 5.82 Å². The molecule has 0 atom stereocenters. The number of hydrogen-bond acceptors (Lipinski definition) is 8. The third-order valence-corrected chi connectivity index (χ3v) is 5.91. The number of halogens is 1. The molecule has 0 saturated carbocycles. The van der Waals surface area contributed by atoms with Gasteiger partial charge in [-0.3, -0.25) is 4.79 Å². The number of rotatable bonds is 5. The Balaban J connectivity index is 1.35. The summed E-state index contributed by atoms with van der Waals surface area (Å²) < 4.78 is 14.7. The molecule has 0 bridgehead atoms. The van der Waals surface area contributed by atoms with Crippen molar-refractivity contribution < 1.29 is 9.18 Å². The minimum Gasteiger partial charge on any atom is -0.366 e. The van der Waals surface area contributed by atoms with E-state index in [1.807, 2.05) is 22.2 Å². The Morgan fingerprint density at radius 3 is 2.19 bits per heavy atom. The van der Waals surface area contributed by atoms with E-state index < -0.39 is 0 Å². The fourth-order valence-electron chi connectivity index (χ4n) is 4.07. The smallest absolute Gasteiger partial charge is 0.225 e. The minimum atomic E-state index is -0.367. The van der Waals surface area contributed by atoms with E-state index in [1.54, 1.807) is 25.1 Å². The highest BCUT2D eigenvalue weighted by molar-refractivity contribution is 5.73. The van der Waals surface area contributed by atoms with E-state index >= 15 is 0 Å². The highest BCUT2D eigenvalue weighted by Gasteiger charge is 2.23. The van der Waals surface area contributed by atoms with Crippen molar-refractivity contribution in [3.05, 3.63) is 46.9 Å². The summed E-state index contributed by atoms with van der Waals surface area (Å²) in [6, 6.07) is 5.09. The summed E-state index contributed by atoms with van der Waals surface area (Å²) in [5.41, 5.74) is 1.77. The van der Waals surface area contributed by atoms with Gasteiger partial charge in [0.1, 0.15) is 6.54 Å². The molecule has 9 nitrogen and oxygen atoms in total. The molecule has 1 aromatic heterocycles. The van der Waals surface area contributed by atoms with Crippen LogP contribution in [0.1, 0.15) is 12.5 Å². The summed E-state index contributed by atoms with van der Waals surface area (Å²) in [5, 5.41) is 2.81. The molecule has 31 heavy (non-hydrogen) atoms. The zero-order valence-electron chi connectivity index (χ0n) is 17.6. The van der Waals surface area contributed by atoms with Gasteiger partial charge in [0, 0.05) is 64.8 Å². The largest absolute Gasteiger partial charge is 0.366 e. The van der Waals surface area contributed by atoms with E-state index in [0.717, 1.165) is 31.9 Å². The van der Waals surface area contributed by atoms with Gasteiger partial charge < -0.3 is 19.6 Å². The lowest BCUT2D eigenvalue weighted by molar-refractivity contribution is -0.129. The van der Waals surface area contributed by atoms with Gasteiger partial charge in [-0.15, -0.1) is 0 Å². The first-order valence-corrected chi connectivity index (χ1v) is 10.5. The zero-order chi connectivity index (χ0) is 21.8. The van der Waals surface area contributed by atoms with E-state index in [4.69, 9.17) is 0 Å². The Labute approximate surface area is 180 Å². The standard InChI is InChI=1S/C21H26FN7O2/c1-16(30)26-5-11-29(12-6-26)21-23-14-18(15-24-21)27-7-9-28(10-8-27)19-4-2-3-17(13-25-31)20(19)22/h2-4,14-15H,5-13H2,1H3. The Hall–Kier alpha value is -3.30. The molecular formula is C21H26FN7O2. The molecule has 0 N–H and O–H groups in total. The van der Waals surface area contributed by atoms with Gasteiger partial charge in [-0.05, 0) is 6.07 Å². The Morgan fingerprint density at radius 2 is 1.58 bits per heavy atom. The van der Waals surface area contributed by atoms with Crippen LogP contribution < -0.4 is 14.7 Å². The van der Waals surface area contributed by atoms with Crippen LogP contribution in [-0.2, 0) is 11.3 Å². The van der Waals surface area contributed by atoms with Crippen LogP contribution in [-0.4, -0.2) is 73.1 Å². The van der Waals surface area contributed by atoms with Crippen molar-refractivity contribution in [3.8, 4) is 0 Å². The second kappa shape index (κ2) is 9.23. The molecule has 0 radical (unpaired) electrons. The number of piperazine rings is 2. The highest BCUT2D eigenvalue weighted by Crippen LogP contribution is 2.25. The van der Waals surface area contributed by atoms with Crippen molar-refractivity contribution >= 4 is 23.2 Å². The van der Waals surface area contributed by atoms with Gasteiger partial charge in [0.25, 0.3) is 0 Å². The predicted molar refractivity (Wildman–Crippen MR) is 117 cm³/mol. The molecule has 2 aliphatic rings. The van der Waals surface area contributed by atoms with Crippen LogP contribution in [0.4, 0.5) is 21.7 Å². The normalized spacial score (nSPS) is 17.1. The number of carbonyl (C=O) groups is 1. The molecule has 2 aliphatic heterocycles. The summed E-state index contributed by atoms with van der Waals surface area (Å²) in [7, 11) is 0. The maximum absolute atomic E-state index is 14.7. The quantitative estimate of drug-likeness (QED) is 0.674. The zero-order valence-corrected chi connectivity index (χ0v) is 17.6. The van der Waals surface area contributed by atoms with E-state index in [-0.39, 0.29) is 18.3 Å². The molecule has 0 aliphatic carbocycles. The average Bonchev–Trinajstić information content (AvgIpc) is 2.81. The second-order valence-corrected chi connectivity index (χ2v) is 7.75. The molecule has 2 saturated heterocycles. The van der Waals surface area contributed by atoms with Crippen molar-refractivity contribution in [2.75, 3.05) is 67.1 Å². The van der Waals surface area contributed by atoms with Crippen LogP contribution in [0.25, 0.3) is 0 Å². The molecule has 0 unspecified atom stereocenters. The van der Waals surface area contributed by atoms with Crippen molar-refractivity contribution in [1.82, 2.24) is 14.9 Å². The fraction of sp³-hybridized carbons (Fsp3) is 0.476. The van der Waals surface area contributed by atoms with Crippen LogP contribution in [0.3, 0.4) is 0 Å². The van der Waals surface area contributed by atoms with Crippen molar-refractivity contribution in [2.24, 2.45) is 5.18 Å². The molecule has 164 valence electrons. The van der Waals surface area contributed by atoms with E-state index in [9.17, 15) is 14.1 Å². The molecule has 4 rings (SSSR count). The lowest BCUT2D eigenvalue weighted by Gasteiger charge is -2.37. The third kappa shape index (κ3) is 4.57. The molecule has 2 aromatic rings. The monoisotopic (exact) mass is 427 g/mol. The maximum Gasteiger partial charge on any atom is 0.225 e. The number of benzene rings is 1. The number of nitrogens with zero attached hydrogens (tertiary/aromatic N) is 7. The van der Waals surface area contributed by atoms with Gasteiger partial charge in [0.2, 0.25) is 11.9 Å². The Bertz CT molecular complexity index is 924. The van der Waals surface area contributed by atoms with Gasteiger partial charge in [0.05, 0.1) is 23.8 Å². The topological polar surface area (TPSA) is 85.2 Å². The molecule has 0 spiro atoms. The number of amides is 1. The lowest BCUT2D eigenvalue weighted by Crippen LogP contribution is -2.48. The fourth-order valence-corrected chi connectivity index (χ4v) is 4.07. The van der Waals surface area contributed by atoms with Crippen molar-refractivity contribution in [3.63, 3.8) is 0 Å². The predicted octanol–water partition coefficient (Wildman–Crippen LogP) is 1.88. The lowest BCUT2D eigenvalue weighted by atomic mass is 10.1. The van der Waals surface area contributed by atoms with Gasteiger partial charge in [-0.1, -0.05) is 17.3 Å². The van der Waals surface area contributed by atoms with Crippen LogP contribution in [0.2, 0.25) is 0 Å². The Kier molecular flexibility index (Phi) is 6.24. The van der Waals surface area contributed by atoms with Crippen LogP contribution >= 0.6 is 0 Å². The van der Waals surface area contributed by atoms with Gasteiger partial charge in [-0.2, -0.15) is 4.91 Å². The second-order valence-electron chi connectivity index (χ2n) is 7.75. The Morgan fingerprint density at radius 1 is 0.968 bits per heavy atom. The SMILES string of the molecule is CC(=O)N1CCN(c2ncc(N3CCN(c4cccc(CN=O)c4F)CC3)cn2)CC1. The summed E-state index contributed by atoms with van der Waals surface area (Å²) in [4.78, 5) is 39.1. The molecule has 3 heterocycles. The first-order chi connectivity index (χ1) is 15.1. The molecule has 2 fully saturated rings. The van der Waals surface area contributed by atoms with Crippen LogP contribution in [0, 0.1) is 10.7 Å². The molecule has 1 amide bonds. The first-order valence-electron chi connectivity index (χ1n) is 10.5. The molecule has 10 heteroatoms. The number of aromatic nitrogens is 2. The van der Waals surface area contributed by atoms with E-state index in [1.165, 1.54) is 0 Å². The third-order valence-electron chi connectivity index (χ3n) is 5.91. The number of anilines is 3. The average molecular weight is 427 g/mol. The highest BCUT2D eigenvalue weighted by atomic mass is 19.1. The van der Waals surface area contributed by atoms with Gasteiger partial charge in [-0.25, -0.2) is 14.4 Å². The van der Waals surface area contributed by atoms with E-state index in [2.05, 4.69) is 24.9 Å². The number of carbonyl (C=O) groups excluding carboxylic acids is 1. The van der Waals surface area contributed by atoms with Crippen molar-refractivity contribution in [1.29, 1.82) is 0 Å². The van der Waals surface area contributed by atoms with Crippen LogP contribution in [0.15, 0.2) is 35.8 Å². The first kappa shape index (κ1) is 21.0. The van der Waals surface area contributed by atoms with Gasteiger partial charge >= 0.3 is 0 Å². The number of nitroso groups, excluding NO2 is 1. The summed E-state index contributed by atoms with van der Waals surface area (Å²) in [5.74, 6) is 0.406. The van der Waals surface area contributed by atoms with Crippen LogP contribution in [0.5, 0.6) is 0 Å². The minimum absolute atomic E-state index is 0.0991.